The molecule has 1 saturated carbocycles. The van der Waals surface area contributed by atoms with Crippen LogP contribution in [0.25, 0.3) is 0 Å². The van der Waals surface area contributed by atoms with E-state index in [4.69, 9.17) is 0 Å². The summed E-state index contributed by atoms with van der Waals surface area (Å²) in [5.74, 6) is 3.19. The fraction of sp³-hybridized carbons (Fsp3) is 0.923. The minimum Gasteiger partial charge on any atom is -0.356 e. The molecule has 0 radical (unpaired) electrons. The van der Waals surface area contributed by atoms with Crippen LogP contribution in [0.15, 0.2) is 4.99 Å². The van der Waals surface area contributed by atoms with Crippen molar-refractivity contribution in [1.82, 2.24) is 10.6 Å². The van der Waals surface area contributed by atoms with E-state index in [1.165, 1.54) is 44.3 Å². The second-order valence-corrected chi connectivity index (χ2v) is 6.53. The summed E-state index contributed by atoms with van der Waals surface area (Å²) in [6.07, 6.45) is 8.35. The standard InChI is InChI=1S/C13H25N3S.HI/c1-14-13(15-9-11-5-2-3-6-11)16-10-12-7-4-8-17-12;/h11-12H,2-10H2,1H3,(H2,14,15,16);1H. The van der Waals surface area contributed by atoms with Gasteiger partial charge < -0.3 is 10.6 Å². The Bertz CT molecular complexity index is 227. The average molecular weight is 383 g/mol. The molecule has 0 aromatic rings. The molecule has 106 valence electrons. The third kappa shape index (κ3) is 5.55. The molecule has 0 aromatic heterocycles. The lowest BCUT2D eigenvalue weighted by atomic mass is 10.1. The highest BCUT2D eigenvalue weighted by Crippen LogP contribution is 2.25. The van der Waals surface area contributed by atoms with Gasteiger partial charge in [-0.25, -0.2) is 0 Å². The summed E-state index contributed by atoms with van der Waals surface area (Å²) in [5, 5.41) is 7.71. The molecule has 5 heteroatoms. The van der Waals surface area contributed by atoms with Gasteiger partial charge in [0.25, 0.3) is 0 Å². The third-order valence-corrected chi connectivity index (χ3v) is 5.18. The molecule has 2 fully saturated rings. The average Bonchev–Trinajstić information content (AvgIpc) is 3.02. The largest absolute Gasteiger partial charge is 0.356 e. The van der Waals surface area contributed by atoms with Crippen LogP contribution in [0.3, 0.4) is 0 Å². The Hall–Kier alpha value is 0.350. The molecule has 0 amide bonds. The molecule has 2 N–H and O–H groups in total. The predicted molar refractivity (Wildman–Crippen MR) is 92.2 cm³/mol. The van der Waals surface area contributed by atoms with E-state index in [1.54, 1.807) is 0 Å². The van der Waals surface area contributed by atoms with Gasteiger partial charge in [0, 0.05) is 25.4 Å². The van der Waals surface area contributed by atoms with Gasteiger partial charge in [-0.05, 0) is 37.4 Å². The Morgan fingerprint density at radius 2 is 1.83 bits per heavy atom. The van der Waals surface area contributed by atoms with Crippen molar-refractivity contribution in [2.75, 3.05) is 25.9 Å². The van der Waals surface area contributed by atoms with Crippen LogP contribution < -0.4 is 10.6 Å². The van der Waals surface area contributed by atoms with Gasteiger partial charge in [0.05, 0.1) is 0 Å². The lowest BCUT2D eigenvalue weighted by molar-refractivity contribution is 0.530. The van der Waals surface area contributed by atoms with Gasteiger partial charge in [0.2, 0.25) is 0 Å². The van der Waals surface area contributed by atoms with Crippen LogP contribution in [0.2, 0.25) is 0 Å². The summed E-state index contributed by atoms with van der Waals surface area (Å²) in [6.45, 7) is 2.16. The van der Waals surface area contributed by atoms with Crippen molar-refractivity contribution in [2.24, 2.45) is 10.9 Å². The molecule has 1 saturated heterocycles. The Kier molecular flexibility index (Phi) is 8.46. The lowest BCUT2D eigenvalue weighted by Crippen LogP contribution is -2.41. The molecule has 1 atom stereocenters. The van der Waals surface area contributed by atoms with E-state index in [2.05, 4.69) is 27.4 Å². The maximum atomic E-state index is 4.30. The summed E-state index contributed by atoms with van der Waals surface area (Å²) in [7, 11) is 1.87. The molecule has 1 unspecified atom stereocenters. The lowest BCUT2D eigenvalue weighted by Gasteiger charge is -2.16. The predicted octanol–water partition coefficient (Wildman–Crippen LogP) is 2.86. The Morgan fingerprint density at radius 3 is 2.44 bits per heavy atom. The van der Waals surface area contributed by atoms with Gasteiger partial charge in [-0.1, -0.05) is 12.8 Å². The first-order chi connectivity index (χ1) is 8.38. The smallest absolute Gasteiger partial charge is 0.191 e. The van der Waals surface area contributed by atoms with Gasteiger partial charge in [-0.2, -0.15) is 11.8 Å². The first-order valence-electron chi connectivity index (χ1n) is 6.94. The van der Waals surface area contributed by atoms with Crippen LogP contribution in [0.5, 0.6) is 0 Å². The molecule has 3 nitrogen and oxygen atoms in total. The van der Waals surface area contributed by atoms with Gasteiger partial charge in [0.15, 0.2) is 5.96 Å². The molecule has 0 aromatic carbocycles. The first kappa shape index (κ1) is 16.4. The number of hydrogen-bond donors (Lipinski definition) is 2. The van der Waals surface area contributed by atoms with Gasteiger partial charge in [-0.3, -0.25) is 4.99 Å². The van der Waals surface area contributed by atoms with Gasteiger partial charge in [-0.15, -0.1) is 24.0 Å². The summed E-state index contributed by atoms with van der Waals surface area (Å²) in [6, 6.07) is 0. The zero-order valence-electron chi connectivity index (χ0n) is 11.3. The highest BCUT2D eigenvalue weighted by molar-refractivity contribution is 14.0. The van der Waals surface area contributed by atoms with Crippen molar-refractivity contribution in [1.29, 1.82) is 0 Å². The van der Waals surface area contributed by atoms with Crippen molar-refractivity contribution >= 4 is 41.7 Å². The van der Waals surface area contributed by atoms with E-state index < -0.39 is 0 Å². The molecule has 1 aliphatic heterocycles. The Labute approximate surface area is 132 Å². The molecule has 18 heavy (non-hydrogen) atoms. The normalized spacial score (nSPS) is 24.9. The zero-order chi connectivity index (χ0) is 11.9. The fourth-order valence-electron chi connectivity index (χ4n) is 2.69. The third-order valence-electron chi connectivity index (χ3n) is 3.78. The molecule has 0 bridgehead atoms. The van der Waals surface area contributed by atoms with Gasteiger partial charge in [0.1, 0.15) is 0 Å². The van der Waals surface area contributed by atoms with Crippen LogP contribution in [0.1, 0.15) is 38.5 Å². The van der Waals surface area contributed by atoms with E-state index in [1.807, 2.05) is 7.05 Å². The van der Waals surface area contributed by atoms with E-state index in [-0.39, 0.29) is 24.0 Å². The summed E-state index contributed by atoms with van der Waals surface area (Å²) < 4.78 is 0. The van der Waals surface area contributed by atoms with E-state index >= 15 is 0 Å². The summed E-state index contributed by atoms with van der Waals surface area (Å²) >= 11 is 2.09. The number of hydrogen-bond acceptors (Lipinski definition) is 2. The summed E-state index contributed by atoms with van der Waals surface area (Å²) in [5.41, 5.74) is 0. The molecule has 0 spiro atoms. The van der Waals surface area contributed by atoms with Gasteiger partial charge >= 0.3 is 0 Å². The van der Waals surface area contributed by atoms with Crippen LogP contribution in [0.4, 0.5) is 0 Å². The van der Waals surface area contributed by atoms with Crippen molar-refractivity contribution in [3.8, 4) is 0 Å². The number of nitrogens with one attached hydrogen (secondary N) is 2. The second kappa shape index (κ2) is 9.28. The van der Waals surface area contributed by atoms with Crippen LogP contribution in [-0.4, -0.2) is 37.1 Å². The molecule has 1 aliphatic carbocycles. The minimum atomic E-state index is 0. The summed E-state index contributed by atoms with van der Waals surface area (Å²) in [4.78, 5) is 4.30. The Balaban J connectivity index is 0.00000162. The van der Waals surface area contributed by atoms with E-state index in [0.29, 0.717) is 0 Å². The SMILES string of the molecule is CN=C(NCC1CCCC1)NCC1CCCS1.I. The number of halogens is 1. The Morgan fingerprint density at radius 1 is 1.11 bits per heavy atom. The number of rotatable bonds is 4. The van der Waals surface area contributed by atoms with E-state index in [0.717, 1.165) is 30.2 Å². The molecular weight excluding hydrogens is 357 g/mol. The highest BCUT2D eigenvalue weighted by atomic mass is 127. The first-order valence-corrected chi connectivity index (χ1v) is 7.99. The van der Waals surface area contributed by atoms with Crippen molar-refractivity contribution in [3.63, 3.8) is 0 Å². The van der Waals surface area contributed by atoms with Crippen LogP contribution in [0, 0.1) is 5.92 Å². The minimum absolute atomic E-state index is 0. The number of nitrogens with zero attached hydrogens (tertiary/aromatic N) is 1. The molecule has 2 rings (SSSR count). The quantitative estimate of drug-likeness (QED) is 0.445. The number of aliphatic imine (C=N–C) groups is 1. The molecule has 1 heterocycles. The maximum Gasteiger partial charge on any atom is 0.191 e. The van der Waals surface area contributed by atoms with Crippen molar-refractivity contribution in [2.45, 2.75) is 43.8 Å². The van der Waals surface area contributed by atoms with Crippen molar-refractivity contribution < 1.29 is 0 Å². The van der Waals surface area contributed by atoms with E-state index in [9.17, 15) is 0 Å². The fourth-order valence-corrected chi connectivity index (χ4v) is 3.89. The number of guanidine groups is 1. The zero-order valence-corrected chi connectivity index (χ0v) is 14.4. The highest BCUT2D eigenvalue weighted by Gasteiger charge is 2.17. The number of thioether (sulfide) groups is 1. The van der Waals surface area contributed by atoms with Crippen LogP contribution in [-0.2, 0) is 0 Å². The molecular formula is C13H26IN3S. The monoisotopic (exact) mass is 383 g/mol. The topological polar surface area (TPSA) is 36.4 Å². The van der Waals surface area contributed by atoms with Crippen molar-refractivity contribution in [3.05, 3.63) is 0 Å². The van der Waals surface area contributed by atoms with Crippen LogP contribution >= 0.6 is 35.7 Å². The maximum absolute atomic E-state index is 4.30. The second-order valence-electron chi connectivity index (χ2n) is 5.12. The molecule has 2 aliphatic rings.